The van der Waals surface area contributed by atoms with E-state index in [1.807, 2.05) is 0 Å². The Labute approximate surface area is 100 Å². The van der Waals surface area contributed by atoms with Crippen LogP contribution in [0, 0.1) is 17.3 Å². The molecule has 0 aromatic heterocycles. The van der Waals surface area contributed by atoms with E-state index in [4.69, 9.17) is 4.74 Å². The maximum atomic E-state index is 11.9. The Balaban J connectivity index is 3.04. The number of carbonyl (C=O) groups excluding carboxylic acids is 3. The van der Waals surface area contributed by atoms with E-state index in [9.17, 15) is 14.4 Å². The van der Waals surface area contributed by atoms with Crippen molar-refractivity contribution in [3.8, 4) is 0 Å². The zero-order valence-corrected chi connectivity index (χ0v) is 10.6. The predicted molar refractivity (Wildman–Crippen MR) is 58.8 cm³/mol. The van der Waals surface area contributed by atoms with Gasteiger partial charge in [0, 0.05) is 0 Å². The van der Waals surface area contributed by atoms with E-state index >= 15 is 0 Å². The molecule has 0 aromatic rings. The molecule has 5 heteroatoms. The van der Waals surface area contributed by atoms with Gasteiger partial charge in [0.1, 0.15) is 0 Å². The fraction of sp³-hybridized carbons (Fsp3) is 0.750. The fourth-order valence-electron chi connectivity index (χ4n) is 2.19. The summed E-state index contributed by atoms with van der Waals surface area (Å²) in [5.74, 6) is -2.99. The van der Waals surface area contributed by atoms with E-state index in [1.54, 1.807) is 27.7 Å². The smallest absolute Gasteiger partial charge is 0.318 e. The summed E-state index contributed by atoms with van der Waals surface area (Å²) in [7, 11) is 0. The first kappa shape index (κ1) is 13.7. The number of carbonyl (C=O) groups is 3. The van der Waals surface area contributed by atoms with Crippen molar-refractivity contribution in [2.45, 2.75) is 34.1 Å². The van der Waals surface area contributed by atoms with Crippen molar-refractivity contribution in [2.75, 3.05) is 6.61 Å². The standard InChI is InChI=1S/C12H18O5/c1-5-12(4,11(15)16-6-2)8-7(3)9(13)17-10(8)14/h7-8H,5-6H2,1-4H3. The normalized spacial score (nSPS) is 27.5. The highest BCUT2D eigenvalue weighted by atomic mass is 16.6. The van der Waals surface area contributed by atoms with E-state index in [-0.39, 0.29) is 6.61 Å². The van der Waals surface area contributed by atoms with Gasteiger partial charge in [-0.25, -0.2) is 0 Å². The second-order valence-electron chi connectivity index (χ2n) is 4.50. The lowest BCUT2D eigenvalue weighted by molar-refractivity contribution is -0.165. The Hall–Kier alpha value is -1.39. The Kier molecular flexibility index (Phi) is 3.91. The summed E-state index contributed by atoms with van der Waals surface area (Å²) in [6, 6.07) is 0. The molecule has 17 heavy (non-hydrogen) atoms. The van der Waals surface area contributed by atoms with Crippen molar-refractivity contribution in [3.63, 3.8) is 0 Å². The van der Waals surface area contributed by atoms with E-state index in [1.165, 1.54) is 0 Å². The average molecular weight is 242 g/mol. The van der Waals surface area contributed by atoms with E-state index in [2.05, 4.69) is 4.74 Å². The van der Waals surface area contributed by atoms with Crippen molar-refractivity contribution < 1.29 is 23.9 Å². The monoisotopic (exact) mass is 242 g/mol. The van der Waals surface area contributed by atoms with Crippen LogP contribution in [0.5, 0.6) is 0 Å². The maximum absolute atomic E-state index is 11.9. The molecule has 0 aromatic carbocycles. The number of rotatable bonds is 4. The minimum absolute atomic E-state index is 0.249. The molecule has 0 N–H and O–H groups in total. The molecule has 5 nitrogen and oxygen atoms in total. The highest BCUT2D eigenvalue weighted by molar-refractivity contribution is 5.99. The van der Waals surface area contributed by atoms with Crippen molar-refractivity contribution in [1.29, 1.82) is 0 Å². The number of ether oxygens (including phenoxy) is 2. The van der Waals surface area contributed by atoms with Crippen LogP contribution in [0.3, 0.4) is 0 Å². The highest BCUT2D eigenvalue weighted by Gasteiger charge is 2.55. The van der Waals surface area contributed by atoms with Crippen LogP contribution in [0.25, 0.3) is 0 Å². The van der Waals surface area contributed by atoms with Crippen LogP contribution in [0.15, 0.2) is 0 Å². The zero-order valence-electron chi connectivity index (χ0n) is 10.6. The molecule has 1 heterocycles. The topological polar surface area (TPSA) is 69.7 Å². The lowest BCUT2D eigenvalue weighted by atomic mass is 9.70. The number of hydrogen-bond acceptors (Lipinski definition) is 5. The molecular weight excluding hydrogens is 224 g/mol. The Bertz CT molecular complexity index is 349. The van der Waals surface area contributed by atoms with Gasteiger partial charge in [0.2, 0.25) is 0 Å². The van der Waals surface area contributed by atoms with Crippen LogP contribution in [0.2, 0.25) is 0 Å². The molecule has 0 saturated carbocycles. The lowest BCUT2D eigenvalue weighted by Gasteiger charge is -2.30. The van der Waals surface area contributed by atoms with Crippen LogP contribution >= 0.6 is 0 Å². The molecule has 3 unspecified atom stereocenters. The summed E-state index contributed by atoms with van der Waals surface area (Å²) in [5, 5.41) is 0. The van der Waals surface area contributed by atoms with Gasteiger partial charge < -0.3 is 9.47 Å². The largest absolute Gasteiger partial charge is 0.466 e. The molecular formula is C12H18O5. The lowest BCUT2D eigenvalue weighted by Crippen LogP contribution is -2.42. The van der Waals surface area contributed by atoms with Gasteiger partial charge in [-0.05, 0) is 20.3 Å². The zero-order chi connectivity index (χ0) is 13.2. The third-order valence-corrected chi connectivity index (χ3v) is 3.49. The van der Waals surface area contributed by atoms with Gasteiger partial charge in [0.05, 0.1) is 23.9 Å². The molecule has 0 bridgehead atoms. The Morgan fingerprint density at radius 1 is 1.35 bits per heavy atom. The second-order valence-corrected chi connectivity index (χ2v) is 4.50. The first-order valence-corrected chi connectivity index (χ1v) is 5.81. The summed E-state index contributed by atoms with van der Waals surface area (Å²) >= 11 is 0. The van der Waals surface area contributed by atoms with Gasteiger partial charge in [-0.2, -0.15) is 0 Å². The molecule has 1 fully saturated rings. The summed E-state index contributed by atoms with van der Waals surface area (Å²) in [6.45, 7) is 6.99. The predicted octanol–water partition coefficient (Wildman–Crippen LogP) is 1.30. The number of cyclic esters (lactones) is 2. The van der Waals surface area contributed by atoms with Crippen LogP contribution in [0.1, 0.15) is 34.1 Å². The van der Waals surface area contributed by atoms with Gasteiger partial charge in [-0.1, -0.05) is 13.8 Å². The summed E-state index contributed by atoms with van der Waals surface area (Å²) in [4.78, 5) is 34.9. The molecule has 3 atom stereocenters. The molecule has 0 aliphatic carbocycles. The van der Waals surface area contributed by atoms with Crippen molar-refractivity contribution >= 4 is 17.9 Å². The number of esters is 3. The van der Waals surface area contributed by atoms with Gasteiger partial charge in [0.15, 0.2) is 0 Å². The Morgan fingerprint density at radius 2 is 1.94 bits per heavy atom. The number of hydrogen-bond donors (Lipinski definition) is 0. The molecule has 0 spiro atoms. The van der Waals surface area contributed by atoms with Crippen LogP contribution in [0.4, 0.5) is 0 Å². The minimum atomic E-state index is -1.00. The Morgan fingerprint density at radius 3 is 2.29 bits per heavy atom. The molecule has 1 aliphatic rings. The SMILES string of the molecule is CCOC(=O)C(C)(CC)C1C(=O)OC(=O)C1C. The molecule has 0 amide bonds. The van der Waals surface area contributed by atoms with Gasteiger partial charge in [-0.3, -0.25) is 14.4 Å². The van der Waals surface area contributed by atoms with Crippen LogP contribution in [-0.2, 0) is 23.9 Å². The van der Waals surface area contributed by atoms with E-state index in [0.717, 1.165) is 0 Å². The van der Waals surface area contributed by atoms with Crippen LogP contribution in [-0.4, -0.2) is 24.5 Å². The third kappa shape index (κ3) is 2.18. The van der Waals surface area contributed by atoms with E-state index in [0.29, 0.717) is 6.42 Å². The van der Waals surface area contributed by atoms with E-state index < -0.39 is 35.2 Å². The summed E-state index contributed by atoms with van der Waals surface area (Å²) in [5.41, 5.74) is -1.00. The molecule has 0 radical (unpaired) electrons. The van der Waals surface area contributed by atoms with Gasteiger partial charge >= 0.3 is 17.9 Å². The molecule has 96 valence electrons. The quantitative estimate of drug-likeness (QED) is 0.549. The van der Waals surface area contributed by atoms with Gasteiger partial charge in [0.25, 0.3) is 0 Å². The average Bonchev–Trinajstić information content (AvgIpc) is 2.53. The van der Waals surface area contributed by atoms with Crippen molar-refractivity contribution in [1.82, 2.24) is 0 Å². The van der Waals surface area contributed by atoms with Gasteiger partial charge in [-0.15, -0.1) is 0 Å². The van der Waals surface area contributed by atoms with Crippen molar-refractivity contribution in [3.05, 3.63) is 0 Å². The first-order chi connectivity index (χ1) is 7.88. The molecule has 1 rings (SSSR count). The highest BCUT2D eigenvalue weighted by Crippen LogP contribution is 2.42. The summed E-state index contributed by atoms with van der Waals surface area (Å²) in [6.07, 6.45) is 0.420. The van der Waals surface area contributed by atoms with Crippen molar-refractivity contribution in [2.24, 2.45) is 17.3 Å². The molecule has 1 saturated heterocycles. The maximum Gasteiger partial charge on any atom is 0.318 e. The van der Waals surface area contributed by atoms with Crippen LogP contribution < -0.4 is 0 Å². The molecule has 1 aliphatic heterocycles. The fourth-order valence-corrected chi connectivity index (χ4v) is 2.19. The first-order valence-electron chi connectivity index (χ1n) is 5.81. The summed E-state index contributed by atoms with van der Waals surface area (Å²) < 4.78 is 9.56. The second kappa shape index (κ2) is 4.85. The minimum Gasteiger partial charge on any atom is -0.466 e. The third-order valence-electron chi connectivity index (χ3n) is 3.49.